The fourth-order valence-corrected chi connectivity index (χ4v) is 1.22. The molecule has 1 aromatic carbocycles. The Morgan fingerprint density at radius 3 is 2.92 bits per heavy atom. The Morgan fingerprint density at radius 1 is 1.58 bits per heavy atom. The van der Waals surface area contributed by atoms with Crippen LogP contribution in [0.1, 0.15) is 6.92 Å². The third-order valence-electron chi connectivity index (χ3n) is 1.37. The quantitative estimate of drug-likeness (QED) is 0.860. The molecule has 12 heavy (non-hydrogen) atoms. The van der Waals surface area contributed by atoms with Crippen LogP contribution >= 0.6 is 15.9 Å². The van der Waals surface area contributed by atoms with Gasteiger partial charge in [0.25, 0.3) is 0 Å². The number of ketones is 1. The molecule has 0 aliphatic heterocycles. The summed E-state index contributed by atoms with van der Waals surface area (Å²) in [5, 5.41) is 3.01. The maximum atomic E-state index is 10.6. The van der Waals surface area contributed by atoms with Crippen molar-refractivity contribution >= 4 is 27.4 Å². The molecule has 0 aliphatic carbocycles. The fourth-order valence-electron chi connectivity index (χ4n) is 0.825. The normalized spacial score (nSPS) is 9.50. The molecule has 0 fully saturated rings. The Hall–Kier alpha value is -0.830. The highest BCUT2D eigenvalue weighted by Crippen LogP contribution is 2.14. The largest absolute Gasteiger partial charge is 0.378 e. The van der Waals surface area contributed by atoms with Crippen LogP contribution in [0.2, 0.25) is 0 Å². The maximum Gasteiger partial charge on any atom is 0.148 e. The van der Waals surface area contributed by atoms with Crippen molar-refractivity contribution in [3.05, 3.63) is 28.7 Å². The van der Waals surface area contributed by atoms with Crippen LogP contribution in [-0.2, 0) is 4.79 Å². The number of halogens is 1. The van der Waals surface area contributed by atoms with E-state index in [1.807, 2.05) is 24.3 Å². The van der Waals surface area contributed by atoms with Gasteiger partial charge in [-0.1, -0.05) is 22.0 Å². The number of carbonyl (C=O) groups excluding carboxylic acids is 1. The molecule has 64 valence electrons. The molecule has 0 atom stereocenters. The molecule has 0 bridgehead atoms. The summed E-state index contributed by atoms with van der Waals surface area (Å²) in [4.78, 5) is 10.6. The van der Waals surface area contributed by atoms with Gasteiger partial charge in [0, 0.05) is 10.2 Å². The molecule has 3 heteroatoms. The van der Waals surface area contributed by atoms with Gasteiger partial charge in [-0.05, 0) is 25.1 Å². The lowest BCUT2D eigenvalue weighted by atomic mass is 10.3. The van der Waals surface area contributed by atoms with Gasteiger partial charge < -0.3 is 5.32 Å². The molecular weight excluding hydrogens is 218 g/mol. The van der Waals surface area contributed by atoms with E-state index in [2.05, 4.69) is 21.2 Å². The van der Waals surface area contributed by atoms with Gasteiger partial charge in [-0.2, -0.15) is 0 Å². The average Bonchev–Trinajstić information content (AvgIpc) is 2.01. The first kappa shape index (κ1) is 9.26. The first-order chi connectivity index (χ1) is 5.68. The Bertz CT molecular complexity index is 286. The number of anilines is 1. The molecule has 0 aromatic heterocycles. The summed E-state index contributed by atoms with van der Waals surface area (Å²) in [6.45, 7) is 1.95. The van der Waals surface area contributed by atoms with E-state index in [9.17, 15) is 4.79 Å². The lowest BCUT2D eigenvalue weighted by molar-refractivity contribution is -0.115. The number of benzene rings is 1. The topological polar surface area (TPSA) is 29.1 Å². The summed E-state index contributed by atoms with van der Waals surface area (Å²) in [5.41, 5.74) is 0.958. The lowest BCUT2D eigenvalue weighted by Crippen LogP contribution is -2.09. The molecular formula is C9H10BrNO. The zero-order chi connectivity index (χ0) is 8.97. The van der Waals surface area contributed by atoms with Crippen LogP contribution in [0, 0.1) is 0 Å². The van der Waals surface area contributed by atoms with Gasteiger partial charge in [-0.25, -0.2) is 0 Å². The van der Waals surface area contributed by atoms with E-state index in [1.54, 1.807) is 6.92 Å². The third kappa shape index (κ3) is 3.05. The molecule has 0 saturated carbocycles. The van der Waals surface area contributed by atoms with Gasteiger partial charge in [0.05, 0.1) is 6.54 Å². The zero-order valence-corrected chi connectivity index (χ0v) is 8.39. The van der Waals surface area contributed by atoms with Crippen LogP contribution in [0.5, 0.6) is 0 Å². The van der Waals surface area contributed by atoms with Crippen LogP contribution in [0.15, 0.2) is 28.7 Å². The smallest absolute Gasteiger partial charge is 0.148 e. The number of rotatable bonds is 3. The van der Waals surface area contributed by atoms with Crippen molar-refractivity contribution in [1.29, 1.82) is 0 Å². The number of Topliss-reactive ketones (excluding diaryl/α,β-unsaturated/α-hetero) is 1. The second kappa shape index (κ2) is 4.26. The van der Waals surface area contributed by atoms with Crippen LogP contribution in [0.25, 0.3) is 0 Å². The van der Waals surface area contributed by atoms with E-state index >= 15 is 0 Å². The fraction of sp³-hybridized carbons (Fsp3) is 0.222. The molecule has 1 rings (SSSR count). The average molecular weight is 228 g/mol. The van der Waals surface area contributed by atoms with Crippen molar-refractivity contribution in [3.63, 3.8) is 0 Å². The van der Waals surface area contributed by atoms with Crippen LogP contribution in [0.3, 0.4) is 0 Å². The molecule has 0 aliphatic rings. The van der Waals surface area contributed by atoms with E-state index in [0.717, 1.165) is 10.2 Å². The standard InChI is InChI=1S/C9H10BrNO/c1-7(12)6-11-9-4-2-3-8(10)5-9/h2-5,11H,6H2,1H3. The maximum absolute atomic E-state index is 10.6. The molecule has 0 spiro atoms. The second-order valence-corrected chi connectivity index (χ2v) is 3.48. The van der Waals surface area contributed by atoms with Crippen molar-refractivity contribution in [1.82, 2.24) is 0 Å². The van der Waals surface area contributed by atoms with Crippen molar-refractivity contribution in [3.8, 4) is 0 Å². The minimum Gasteiger partial charge on any atom is -0.378 e. The van der Waals surface area contributed by atoms with Gasteiger partial charge in [0.15, 0.2) is 0 Å². The lowest BCUT2D eigenvalue weighted by Gasteiger charge is -2.03. The number of hydrogen-bond donors (Lipinski definition) is 1. The first-order valence-electron chi connectivity index (χ1n) is 3.67. The summed E-state index contributed by atoms with van der Waals surface area (Å²) in [6.07, 6.45) is 0. The van der Waals surface area contributed by atoms with E-state index in [1.165, 1.54) is 0 Å². The van der Waals surface area contributed by atoms with Gasteiger partial charge in [-0.15, -0.1) is 0 Å². The van der Waals surface area contributed by atoms with Crippen LogP contribution in [0.4, 0.5) is 5.69 Å². The molecule has 0 saturated heterocycles. The Kier molecular flexibility index (Phi) is 3.29. The second-order valence-electron chi connectivity index (χ2n) is 2.57. The summed E-state index contributed by atoms with van der Waals surface area (Å²) in [6, 6.07) is 7.72. The highest BCUT2D eigenvalue weighted by atomic mass is 79.9. The number of carbonyl (C=O) groups is 1. The zero-order valence-electron chi connectivity index (χ0n) is 6.80. The summed E-state index contributed by atoms with van der Waals surface area (Å²) >= 11 is 3.34. The third-order valence-corrected chi connectivity index (χ3v) is 1.86. The number of nitrogens with one attached hydrogen (secondary N) is 1. The molecule has 1 aromatic rings. The monoisotopic (exact) mass is 227 g/mol. The highest BCUT2D eigenvalue weighted by Gasteiger charge is 1.94. The van der Waals surface area contributed by atoms with Crippen molar-refractivity contribution in [2.75, 3.05) is 11.9 Å². The van der Waals surface area contributed by atoms with E-state index in [-0.39, 0.29) is 5.78 Å². The summed E-state index contributed by atoms with van der Waals surface area (Å²) < 4.78 is 1.01. The van der Waals surface area contributed by atoms with Gasteiger partial charge in [-0.3, -0.25) is 4.79 Å². The van der Waals surface area contributed by atoms with Crippen molar-refractivity contribution < 1.29 is 4.79 Å². The SMILES string of the molecule is CC(=O)CNc1cccc(Br)c1. The Labute approximate surface area is 80.1 Å². The predicted molar refractivity (Wildman–Crippen MR) is 53.3 cm³/mol. The van der Waals surface area contributed by atoms with Crippen molar-refractivity contribution in [2.24, 2.45) is 0 Å². The van der Waals surface area contributed by atoms with Gasteiger partial charge in [0.1, 0.15) is 5.78 Å². The van der Waals surface area contributed by atoms with Gasteiger partial charge in [0.2, 0.25) is 0 Å². The predicted octanol–water partition coefficient (Wildman–Crippen LogP) is 2.45. The molecule has 1 N–H and O–H groups in total. The molecule has 0 heterocycles. The molecule has 0 amide bonds. The molecule has 2 nitrogen and oxygen atoms in total. The van der Waals surface area contributed by atoms with Crippen LogP contribution < -0.4 is 5.32 Å². The van der Waals surface area contributed by atoms with E-state index in [4.69, 9.17) is 0 Å². The summed E-state index contributed by atoms with van der Waals surface area (Å²) in [7, 11) is 0. The Morgan fingerprint density at radius 2 is 2.33 bits per heavy atom. The first-order valence-corrected chi connectivity index (χ1v) is 4.46. The minimum atomic E-state index is 0.134. The summed E-state index contributed by atoms with van der Waals surface area (Å²) in [5.74, 6) is 0.134. The van der Waals surface area contributed by atoms with E-state index < -0.39 is 0 Å². The highest BCUT2D eigenvalue weighted by molar-refractivity contribution is 9.10. The van der Waals surface area contributed by atoms with Crippen molar-refractivity contribution in [2.45, 2.75) is 6.92 Å². The minimum absolute atomic E-state index is 0.134. The molecule has 0 unspecified atom stereocenters. The number of hydrogen-bond acceptors (Lipinski definition) is 2. The van der Waals surface area contributed by atoms with Crippen LogP contribution in [-0.4, -0.2) is 12.3 Å². The van der Waals surface area contributed by atoms with Gasteiger partial charge >= 0.3 is 0 Å². The Balaban J connectivity index is 2.57. The molecule has 0 radical (unpaired) electrons. The van der Waals surface area contributed by atoms with E-state index in [0.29, 0.717) is 6.54 Å².